The molecule has 3 fully saturated rings. The molecule has 3 rings (SSSR count). The number of rotatable bonds is 3. The molecule has 4 nitrogen and oxygen atoms in total. The lowest BCUT2D eigenvalue weighted by atomic mass is 9.44. The van der Waals surface area contributed by atoms with E-state index in [1.807, 2.05) is 6.92 Å². The van der Waals surface area contributed by atoms with Crippen LogP contribution >= 0.6 is 0 Å². The van der Waals surface area contributed by atoms with Crippen LogP contribution in [0.4, 0.5) is 0 Å². The summed E-state index contributed by atoms with van der Waals surface area (Å²) < 4.78 is 5.53. The third-order valence-corrected chi connectivity index (χ3v) is 8.14. The number of fused-ring (bicyclic) bond motifs is 3. The molecule has 0 spiro atoms. The van der Waals surface area contributed by atoms with E-state index in [0.717, 1.165) is 44.9 Å². The number of esters is 1. The summed E-state index contributed by atoms with van der Waals surface area (Å²) in [4.78, 5) is 23.0. The largest absolute Gasteiger partial charge is 0.481 e. The molecule has 0 aromatic rings. The van der Waals surface area contributed by atoms with E-state index in [0.29, 0.717) is 17.8 Å². The summed E-state index contributed by atoms with van der Waals surface area (Å²) >= 11 is 0. The lowest BCUT2D eigenvalue weighted by Gasteiger charge is -2.60. The third kappa shape index (κ3) is 3.75. The zero-order chi connectivity index (χ0) is 19.8. The molecule has 0 amide bonds. The minimum absolute atomic E-state index is 0.0618. The van der Waals surface area contributed by atoms with Gasteiger partial charge in [0.15, 0.2) is 0 Å². The summed E-state index contributed by atoms with van der Waals surface area (Å²) in [6, 6.07) is 0. The van der Waals surface area contributed by atoms with E-state index >= 15 is 0 Å². The molecule has 1 N–H and O–H groups in total. The highest BCUT2D eigenvalue weighted by Gasteiger charge is 2.57. The van der Waals surface area contributed by atoms with Gasteiger partial charge in [-0.15, -0.1) is 5.92 Å². The van der Waals surface area contributed by atoms with Crippen molar-refractivity contribution in [2.75, 3.05) is 0 Å². The molecule has 0 heterocycles. The second-order valence-electron chi connectivity index (χ2n) is 9.59. The zero-order valence-corrected chi connectivity index (χ0v) is 17.2. The second kappa shape index (κ2) is 7.49. The van der Waals surface area contributed by atoms with Crippen LogP contribution in [-0.2, 0) is 14.3 Å². The Morgan fingerprint density at radius 2 is 1.89 bits per heavy atom. The van der Waals surface area contributed by atoms with Crippen molar-refractivity contribution in [2.24, 2.45) is 34.5 Å². The molecule has 0 saturated heterocycles. The number of hydrogen-bond acceptors (Lipinski definition) is 3. The summed E-state index contributed by atoms with van der Waals surface area (Å²) in [5.41, 5.74) is 0.0454. The summed E-state index contributed by atoms with van der Waals surface area (Å²) in [5, 5.41) is 9.58. The SMILES string of the molecule is CC#C[C@@]1(C)CC[C@H]2[C@@H](CC[C@H]3C[C@@H](OC(C)=O)CC[C@@]32C)[C@@H]1CC(=O)O. The Morgan fingerprint density at radius 1 is 1.15 bits per heavy atom. The first-order valence-corrected chi connectivity index (χ1v) is 10.5. The van der Waals surface area contributed by atoms with Crippen molar-refractivity contribution in [1.82, 2.24) is 0 Å². The van der Waals surface area contributed by atoms with Gasteiger partial charge in [-0.2, -0.15) is 0 Å². The van der Waals surface area contributed by atoms with Crippen molar-refractivity contribution in [3.63, 3.8) is 0 Å². The standard InChI is InChI=1S/C23H34O4/c1-5-10-22(3)11-9-19-18(20(22)14-21(25)26)7-6-16-13-17(27-15(2)24)8-12-23(16,19)4/h16-20H,6-9,11-14H2,1-4H3,(H,25,26)/t16-,17-,18+,19-,20-,22-,23-/m0/s1. The molecule has 150 valence electrons. The molecule has 0 unspecified atom stereocenters. The van der Waals surface area contributed by atoms with Crippen molar-refractivity contribution in [3.8, 4) is 11.8 Å². The van der Waals surface area contributed by atoms with E-state index in [9.17, 15) is 14.7 Å². The van der Waals surface area contributed by atoms with Crippen LogP contribution in [0.2, 0.25) is 0 Å². The summed E-state index contributed by atoms with van der Waals surface area (Å²) in [7, 11) is 0. The van der Waals surface area contributed by atoms with Gasteiger partial charge in [0.2, 0.25) is 0 Å². The van der Waals surface area contributed by atoms with Crippen LogP contribution in [0.15, 0.2) is 0 Å². The van der Waals surface area contributed by atoms with Crippen LogP contribution in [0.3, 0.4) is 0 Å². The number of aliphatic carboxylic acids is 1. The van der Waals surface area contributed by atoms with Gasteiger partial charge in [0.1, 0.15) is 6.10 Å². The average molecular weight is 375 g/mol. The number of carboxylic acids is 1. The fraction of sp³-hybridized carbons (Fsp3) is 0.826. The highest BCUT2D eigenvalue weighted by atomic mass is 16.5. The van der Waals surface area contributed by atoms with Crippen molar-refractivity contribution in [2.45, 2.75) is 85.2 Å². The molecular weight excluding hydrogens is 340 g/mol. The second-order valence-corrected chi connectivity index (χ2v) is 9.59. The smallest absolute Gasteiger partial charge is 0.303 e. The fourth-order valence-corrected chi connectivity index (χ4v) is 6.89. The van der Waals surface area contributed by atoms with Gasteiger partial charge in [0.25, 0.3) is 0 Å². The topological polar surface area (TPSA) is 63.6 Å². The molecule has 0 bridgehead atoms. The average Bonchev–Trinajstić information content (AvgIpc) is 2.57. The van der Waals surface area contributed by atoms with Crippen LogP contribution in [0.25, 0.3) is 0 Å². The maximum atomic E-state index is 11.6. The number of carbonyl (C=O) groups is 2. The van der Waals surface area contributed by atoms with E-state index < -0.39 is 5.97 Å². The van der Waals surface area contributed by atoms with Crippen LogP contribution in [0.1, 0.15) is 79.1 Å². The quantitative estimate of drug-likeness (QED) is 0.576. The maximum absolute atomic E-state index is 11.6. The molecule has 3 saturated carbocycles. The van der Waals surface area contributed by atoms with Crippen LogP contribution < -0.4 is 0 Å². The lowest BCUT2D eigenvalue weighted by molar-refractivity contribution is -0.160. The van der Waals surface area contributed by atoms with E-state index in [2.05, 4.69) is 25.7 Å². The normalized spacial score (nSPS) is 43.5. The highest BCUT2D eigenvalue weighted by Crippen LogP contribution is 2.63. The maximum Gasteiger partial charge on any atom is 0.303 e. The molecule has 0 radical (unpaired) electrons. The first-order valence-electron chi connectivity index (χ1n) is 10.5. The Morgan fingerprint density at radius 3 is 2.52 bits per heavy atom. The Hall–Kier alpha value is -1.50. The molecule has 0 aliphatic heterocycles. The van der Waals surface area contributed by atoms with Gasteiger partial charge in [-0.1, -0.05) is 12.8 Å². The van der Waals surface area contributed by atoms with Gasteiger partial charge < -0.3 is 9.84 Å². The summed E-state index contributed by atoms with van der Waals surface area (Å²) in [6.07, 6.45) is 7.58. The van der Waals surface area contributed by atoms with Gasteiger partial charge in [0.05, 0.1) is 0 Å². The van der Waals surface area contributed by atoms with Gasteiger partial charge in [0, 0.05) is 18.8 Å². The number of hydrogen-bond donors (Lipinski definition) is 1. The fourth-order valence-electron chi connectivity index (χ4n) is 6.89. The monoisotopic (exact) mass is 374 g/mol. The van der Waals surface area contributed by atoms with Crippen molar-refractivity contribution < 1.29 is 19.4 Å². The van der Waals surface area contributed by atoms with E-state index in [4.69, 9.17) is 4.74 Å². The Bertz CT molecular complexity index is 659. The van der Waals surface area contributed by atoms with Crippen molar-refractivity contribution in [3.05, 3.63) is 0 Å². The van der Waals surface area contributed by atoms with Gasteiger partial charge in [-0.3, -0.25) is 9.59 Å². The first-order chi connectivity index (χ1) is 12.7. The molecule has 7 atom stereocenters. The number of carboxylic acid groups (broad SMARTS) is 1. The Kier molecular flexibility index (Phi) is 5.62. The number of ether oxygens (including phenoxy) is 1. The Labute approximate surface area is 163 Å². The third-order valence-electron chi connectivity index (χ3n) is 8.14. The number of carbonyl (C=O) groups excluding carboxylic acids is 1. The van der Waals surface area contributed by atoms with Crippen LogP contribution in [0.5, 0.6) is 0 Å². The Balaban J connectivity index is 1.84. The predicted octanol–water partition coefficient (Wildman–Crippen LogP) is 4.67. The van der Waals surface area contributed by atoms with E-state index in [1.54, 1.807) is 0 Å². The molecule has 3 aliphatic rings. The summed E-state index contributed by atoms with van der Waals surface area (Å²) in [5.74, 6) is 7.29. The highest BCUT2D eigenvalue weighted by molar-refractivity contribution is 5.67. The summed E-state index contributed by atoms with van der Waals surface area (Å²) in [6.45, 7) is 7.96. The molecule has 4 heteroatoms. The van der Waals surface area contributed by atoms with E-state index in [1.165, 1.54) is 6.92 Å². The predicted molar refractivity (Wildman–Crippen MR) is 104 cm³/mol. The molecule has 27 heavy (non-hydrogen) atoms. The van der Waals surface area contributed by atoms with Crippen molar-refractivity contribution >= 4 is 11.9 Å². The zero-order valence-electron chi connectivity index (χ0n) is 17.2. The van der Waals surface area contributed by atoms with Gasteiger partial charge in [-0.25, -0.2) is 0 Å². The molecule has 0 aromatic heterocycles. The van der Waals surface area contributed by atoms with E-state index in [-0.39, 0.29) is 35.2 Å². The van der Waals surface area contributed by atoms with Gasteiger partial charge >= 0.3 is 11.9 Å². The molecule has 0 aromatic carbocycles. The van der Waals surface area contributed by atoms with Crippen LogP contribution in [-0.4, -0.2) is 23.1 Å². The minimum atomic E-state index is -0.698. The first kappa shape index (κ1) is 20.2. The molecular formula is C23H34O4. The van der Waals surface area contributed by atoms with Crippen molar-refractivity contribution in [1.29, 1.82) is 0 Å². The van der Waals surface area contributed by atoms with Crippen LogP contribution in [0, 0.1) is 46.3 Å². The minimum Gasteiger partial charge on any atom is -0.481 e. The lowest BCUT2D eigenvalue weighted by Crippen LogP contribution is -2.54. The molecule has 3 aliphatic carbocycles. The van der Waals surface area contributed by atoms with Gasteiger partial charge in [-0.05, 0) is 87.9 Å².